The van der Waals surface area contributed by atoms with Gasteiger partial charge >= 0.3 is 0 Å². The van der Waals surface area contributed by atoms with E-state index in [9.17, 15) is 10.1 Å². The molecule has 26 heavy (non-hydrogen) atoms. The number of hydrogen-bond acceptors (Lipinski definition) is 3. The summed E-state index contributed by atoms with van der Waals surface area (Å²) in [5.74, 6) is 0.330. The highest BCUT2D eigenvalue weighted by atomic mass is 127. The van der Waals surface area contributed by atoms with Gasteiger partial charge in [-0.25, -0.2) is 0 Å². The van der Waals surface area contributed by atoms with Crippen LogP contribution < -0.4 is 4.74 Å². The molecule has 0 aliphatic heterocycles. The Morgan fingerprint density at radius 1 is 1.23 bits per heavy atom. The molecule has 0 saturated heterocycles. The van der Waals surface area contributed by atoms with Crippen molar-refractivity contribution >= 4 is 66.4 Å². The SMILES string of the molecule is CN(C)C(=O)/C(C#N)=C\c1cc(Br)c(OCc2ccc(I)cc2)c(Br)c1. The monoisotopic (exact) mass is 588 g/mol. The van der Waals surface area contributed by atoms with E-state index >= 15 is 0 Å². The van der Waals surface area contributed by atoms with Crippen molar-refractivity contribution in [1.82, 2.24) is 4.90 Å². The van der Waals surface area contributed by atoms with Gasteiger partial charge in [0.25, 0.3) is 5.91 Å². The molecule has 2 aromatic rings. The van der Waals surface area contributed by atoms with Gasteiger partial charge in [0.1, 0.15) is 24.0 Å². The zero-order valence-corrected chi connectivity index (χ0v) is 19.4. The number of ether oxygens (including phenoxy) is 1. The average molecular weight is 590 g/mol. The summed E-state index contributed by atoms with van der Waals surface area (Å²) in [6.07, 6.45) is 1.56. The number of nitriles is 1. The van der Waals surface area contributed by atoms with Crippen LogP contribution in [0.5, 0.6) is 5.75 Å². The molecule has 0 unspecified atom stereocenters. The Balaban J connectivity index is 2.23. The van der Waals surface area contributed by atoms with Crippen LogP contribution in [0.4, 0.5) is 0 Å². The molecule has 0 spiro atoms. The van der Waals surface area contributed by atoms with Gasteiger partial charge in [0, 0.05) is 17.7 Å². The summed E-state index contributed by atoms with van der Waals surface area (Å²) in [4.78, 5) is 13.4. The van der Waals surface area contributed by atoms with Crippen LogP contribution in [-0.4, -0.2) is 24.9 Å². The van der Waals surface area contributed by atoms with Crippen molar-refractivity contribution in [1.29, 1.82) is 5.26 Å². The van der Waals surface area contributed by atoms with Crippen molar-refractivity contribution in [2.45, 2.75) is 6.61 Å². The predicted octanol–water partition coefficient (Wildman–Crippen LogP) is 5.39. The molecule has 0 N–H and O–H groups in total. The van der Waals surface area contributed by atoms with Crippen molar-refractivity contribution in [3.8, 4) is 11.8 Å². The third-order valence-corrected chi connectivity index (χ3v) is 5.28. The highest BCUT2D eigenvalue weighted by Gasteiger charge is 2.13. The van der Waals surface area contributed by atoms with E-state index < -0.39 is 0 Å². The number of nitrogens with zero attached hydrogens (tertiary/aromatic N) is 2. The number of likely N-dealkylation sites (N-methyl/N-ethyl adjacent to an activating group) is 1. The molecular formula is C19H15Br2IN2O2. The number of hydrogen-bond donors (Lipinski definition) is 0. The minimum Gasteiger partial charge on any atom is -0.487 e. The lowest BCUT2D eigenvalue weighted by Crippen LogP contribution is -2.22. The summed E-state index contributed by atoms with van der Waals surface area (Å²) < 4.78 is 8.55. The first-order chi connectivity index (χ1) is 12.3. The van der Waals surface area contributed by atoms with Gasteiger partial charge in [-0.1, -0.05) is 12.1 Å². The molecule has 7 heteroatoms. The number of carbonyl (C=O) groups is 1. The molecule has 2 aromatic carbocycles. The normalized spacial score (nSPS) is 11.0. The molecule has 0 aliphatic carbocycles. The average Bonchev–Trinajstić information content (AvgIpc) is 2.59. The van der Waals surface area contributed by atoms with Crippen LogP contribution in [0.25, 0.3) is 6.08 Å². The van der Waals surface area contributed by atoms with Crippen LogP contribution in [-0.2, 0) is 11.4 Å². The van der Waals surface area contributed by atoms with Gasteiger partial charge in [0.05, 0.1) is 8.95 Å². The lowest BCUT2D eigenvalue weighted by Gasteiger charge is -2.12. The predicted molar refractivity (Wildman–Crippen MR) is 118 cm³/mol. The van der Waals surface area contributed by atoms with Crippen molar-refractivity contribution < 1.29 is 9.53 Å². The number of amides is 1. The molecule has 0 atom stereocenters. The Bertz CT molecular complexity index is 864. The highest BCUT2D eigenvalue weighted by molar-refractivity contribution is 14.1. The van der Waals surface area contributed by atoms with Gasteiger partial charge < -0.3 is 9.64 Å². The third-order valence-electron chi connectivity index (χ3n) is 3.39. The van der Waals surface area contributed by atoms with Crippen LogP contribution in [0.15, 0.2) is 50.9 Å². The van der Waals surface area contributed by atoms with E-state index in [0.717, 1.165) is 20.1 Å². The van der Waals surface area contributed by atoms with E-state index in [-0.39, 0.29) is 11.5 Å². The van der Waals surface area contributed by atoms with E-state index in [1.165, 1.54) is 8.47 Å². The second-order valence-corrected chi connectivity index (χ2v) is 8.55. The van der Waals surface area contributed by atoms with Crippen LogP contribution in [0.2, 0.25) is 0 Å². The van der Waals surface area contributed by atoms with Crippen molar-refractivity contribution in [2.24, 2.45) is 0 Å². The van der Waals surface area contributed by atoms with Crippen molar-refractivity contribution in [3.63, 3.8) is 0 Å². The van der Waals surface area contributed by atoms with Crippen LogP contribution >= 0.6 is 54.5 Å². The summed E-state index contributed by atoms with van der Waals surface area (Å²) in [5.41, 5.74) is 1.86. The second kappa shape index (κ2) is 9.53. The smallest absolute Gasteiger partial charge is 0.264 e. The van der Waals surface area contributed by atoms with E-state index in [0.29, 0.717) is 12.4 Å². The summed E-state index contributed by atoms with van der Waals surface area (Å²) in [6.45, 7) is 0.436. The highest BCUT2D eigenvalue weighted by Crippen LogP contribution is 2.36. The topological polar surface area (TPSA) is 53.3 Å². The molecule has 0 bridgehead atoms. The van der Waals surface area contributed by atoms with Gasteiger partial charge in [-0.3, -0.25) is 4.79 Å². The van der Waals surface area contributed by atoms with E-state index in [1.54, 1.807) is 20.2 Å². The van der Waals surface area contributed by atoms with E-state index in [1.807, 2.05) is 42.5 Å². The van der Waals surface area contributed by atoms with E-state index in [4.69, 9.17) is 4.74 Å². The van der Waals surface area contributed by atoms with Crippen molar-refractivity contribution in [3.05, 3.63) is 65.6 Å². The fourth-order valence-electron chi connectivity index (χ4n) is 2.09. The lowest BCUT2D eigenvalue weighted by atomic mass is 10.1. The van der Waals surface area contributed by atoms with Gasteiger partial charge in [0.15, 0.2) is 0 Å². The Kier molecular flexibility index (Phi) is 7.68. The first-order valence-electron chi connectivity index (χ1n) is 7.51. The fraction of sp³-hybridized carbons (Fsp3) is 0.158. The Morgan fingerprint density at radius 2 is 1.81 bits per heavy atom. The van der Waals surface area contributed by atoms with Gasteiger partial charge in [0.2, 0.25) is 0 Å². The fourth-order valence-corrected chi connectivity index (χ4v) is 3.90. The molecule has 0 aliphatic rings. The summed E-state index contributed by atoms with van der Waals surface area (Å²) >= 11 is 9.25. The number of benzene rings is 2. The summed E-state index contributed by atoms with van der Waals surface area (Å²) in [6, 6.07) is 13.7. The van der Waals surface area contributed by atoms with E-state index in [2.05, 4.69) is 54.5 Å². The zero-order valence-electron chi connectivity index (χ0n) is 14.1. The summed E-state index contributed by atoms with van der Waals surface area (Å²) in [7, 11) is 3.22. The molecule has 0 fully saturated rings. The number of carbonyl (C=O) groups excluding carboxylic acids is 1. The molecule has 1 amide bonds. The second-order valence-electron chi connectivity index (χ2n) is 5.60. The first-order valence-corrected chi connectivity index (χ1v) is 10.2. The maximum atomic E-state index is 12.0. The third kappa shape index (κ3) is 5.56. The molecule has 0 aromatic heterocycles. The van der Waals surface area contributed by atoms with Crippen LogP contribution in [0.1, 0.15) is 11.1 Å². The largest absolute Gasteiger partial charge is 0.487 e. The zero-order chi connectivity index (χ0) is 19.3. The van der Waals surface area contributed by atoms with Crippen LogP contribution in [0.3, 0.4) is 0 Å². The molecule has 0 saturated carbocycles. The van der Waals surface area contributed by atoms with Gasteiger partial charge in [-0.2, -0.15) is 5.26 Å². The quantitative estimate of drug-likeness (QED) is 0.267. The standard InChI is InChI=1S/C19H15Br2IN2O2/c1-24(2)19(25)14(10-23)7-13-8-16(20)18(17(21)9-13)26-11-12-3-5-15(22)6-4-12/h3-9H,11H2,1-2H3/b14-7-. The maximum absolute atomic E-state index is 12.0. The van der Waals surface area contributed by atoms with Gasteiger partial charge in [-0.15, -0.1) is 0 Å². The molecule has 4 nitrogen and oxygen atoms in total. The molecule has 2 rings (SSSR count). The molecular weight excluding hydrogens is 575 g/mol. The first kappa shape index (κ1) is 20.9. The van der Waals surface area contributed by atoms with Gasteiger partial charge in [-0.05, 0) is 95.9 Å². The summed E-state index contributed by atoms with van der Waals surface area (Å²) in [5, 5.41) is 9.22. The van der Waals surface area contributed by atoms with Crippen molar-refractivity contribution in [2.75, 3.05) is 14.1 Å². The molecule has 0 radical (unpaired) electrons. The number of rotatable bonds is 5. The minimum atomic E-state index is -0.334. The molecule has 0 heterocycles. The maximum Gasteiger partial charge on any atom is 0.264 e. The lowest BCUT2D eigenvalue weighted by molar-refractivity contribution is -0.124. The minimum absolute atomic E-state index is 0.0707. The Hall–Kier alpha value is -1.37. The van der Waals surface area contributed by atoms with Crippen LogP contribution in [0, 0.1) is 14.9 Å². The Morgan fingerprint density at radius 3 is 2.31 bits per heavy atom. The number of halogens is 3. The Labute approximate surface area is 183 Å². The molecule has 134 valence electrons.